The van der Waals surface area contributed by atoms with Crippen LogP contribution in [0.1, 0.15) is 41.5 Å². The van der Waals surface area contributed by atoms with E-state index in [2.05, 4.69) is 0 Å². The summed E-state index contributed by atoms with van der Waals surface area (Å²) < 4.78 is 16.8. The lowest BCUT2D eigenvalue weighted by atomic mass is 9.86. The molecule has 1 N–H and O–H groups in total. The average molecular weight is 302 g/mol. The Kier molecular flexibility index (Phi) is 5.05. The van der Waals surface area contributed by atoms with E-state index in [4.69, 9.17) is 14.2 Å². The summed E-state index contributed by atoms with van der Waals surface area (Å²) in [5.41, 5.74) is -0.827. The molecule has 0 aliphatic carbocycles. The van der Waals surface area contributed by atoms with Gasteiger partial charge in [0.2, 0.25) is 0 Å². The van der Waals surface area contributed by atoms with Crippen LogP contribution in [-0.4, -0.2) is 51.3 Å². The quantitative estimate of drug-likeness (QED) is 0.607. The number of carbonyl (C=O) groups is 1. The lowest BCUT2D eigenvalue weighted by Crippen LogP contribution is -2.56. The van der Waals surface area contributed by atoms with E-state index in [9.17, 15) is 9.90 Å². The van der Waals surface area contributed by atoms with E-state index in [0.717, 1.165) is 11.0 Å². The first-order valence-electron chi connectivity index (χ1n) is 6.83. The minimum Gasteiger partial charge on any atom is -0.494 e. The van der Waals surface area contributed by atoms with Crippen molar-refractivity contribution < 1.29 is 24.1 Å². The minimum atomic E-state index is -1.23. The maximum absolute atomic E-state index is 11.3. The van der Waals surface area contributed by atoms with Gasteiger partial charge >= 0.3 is 5.97 Å². The summed E-state index contributed by atoms with van der Waals surface area (Å²) in [6, 6.07) is 0. The molecule has 0 radical (unpaired) electrons. The van der Waals surface area contributed by atoms with Crippen LogP contribution in [0.2, 0.25) is 0 Å². The van der Waals surface area contributed by atoms with Crippen LogP contribution < -0.4 is 0 Å². The predicted octanol–water partition coefficient (Wildman–Crippen LogP) is 0.480. The largest absolute Gasteiger partial charge is 0.494 e. The SMILES string of the molecule is CC(=O)O[C@@H]1[C@@H](COC(C)(C)C)OC([SiH3])=C(C)[C@@]1(C)O. The molecule has 3 atom stereocenters. The molecule has 5 nitrogen and oxygen atoms in total. The highest BCUT2D eigenvalue weighted by Gasteiger charge is 2.47. The molecule has 0 aromatic heterocycles. The summed E-state index contributed by atoms with van der Waals surface area (Å²) in [6.45, 7) is 10.9. The molecule has 0 fully saturated rings. The zero-order chi connectivity index (χ0) is 15.7. The number of aliphatic hydroxyl groups is 1. The van der Waals surface area contributed by atoms with Crippen LogP contribution in [0.25, 0.3) is 0 Å². The van der Waals surface area contributed by atoms with Gasteiger partial charge in [-0.3, -0.25) is 4.79 Å². The van der Waals surface area contributed by atoms with E-state index in [1.165, 1.54) is 6.92 Å². The minimum absolute atomic E-state index is 0.261. The predicted molar refractivity (Wildman–Crippen MR) is 79.4 cm³/mol. The molecule has 1 aliphatic heterocycles. The zero-order valence-corrected chi connectivity index (χ0v) is 15.4. The Morgan fingerprint density at radius 3 is 2.50 bits per heavy atom. The highest BCUT2D eigenvalue weighted by molar-refractivity contribution is 6.20. The Morgan fingerprint density at radius 2 is 2.05 bits per heavy atom. The molecule has 0 bridgehead atoms. The lowest BCUT2D eigenvalue weighted by molar-refractivity contribution is -0.188. The van der Waals surface area contributed by atoms with Crippen LogP contribution in [0.15, 0.2) is 11.0 Å². The first-order chi connectivity index (χ1) is 8.95. The molecule has 1 rings (SSSR count). The maximum Gasteiger partial charge on any atom is 0.303 e. The van der Waals surface area contributed by atoms with Gasteiger partial charge in [-0.2, -0.15) is 0 Å². The second kappa shape index (κ2) is 5.87. The summed E-state index contributed by atoms with van der Waals surface area (Å²) in [5, 5.41) is 11.5. The Balaban J connectivity index is 2.99. The molecule has 0 unspecified atom stereocenters. The second-order valence-corrected chi connectivity index (χ2v) is 7.35. The third-order valence-corrected chi connectivity index (χ3v) is 4.47. The summed E-state index contributed by atoms with van der Waals surface area (Å²) >= 11 is 0. The topological polar surface area (TPSA) is 65.0 Å². The van der Waals surface area contributed by atoms with Crippen LogP contribution >= 0.6 is 0 Å². The Hall–Kier alpha value is -0.853. The molecule has 6 heteroatoms. The van der Waals surface area contributed by atoms with Crippen molar-refractivity contribution in [2.45, 2.75) is 65.0 Å². The summed E-state index contributed by atoms with van der Waals surface area (Å²) in [7, 11) is 0.682. The molecule has 1 heterocycles. The van der Waals surface area contributed by atoms with Gasteiger partial charge < -0.3 is 19.3 Å². The zero-order valence-electron chi connectivity index (χ0n) is 13.4. The van der Waals surface area contributed by atoms with E-state index in [0.29, 0.717) is 10.2 Å². The van der Waals surface area contributed by atoms with Crippen molar-refractivity contribution in [2.75, 3.05) is 6.61 Å². The van der Waals surface area contributed by atoms with Gasteiger partial charge in [-0.1, -0.05) is 0 Å². The summed E-state index contributed by atoms with van der Waals surface area (Å²) in [4.78, 5) is 11.3. The van der Waals surface area contributed by atoms with Crippen LogP contribution in [0.4, 0.5) is 0 Å². The first kappa shape index (κ1) is 17.2. The summed E-state index contributed by atoms with van der Waals surface area (Å²) in [6.07, 6.45) is -1.26. The van der Waals surface area contributed by atoms with Crippen molar-refractivity contribution in [2.24, 2.45) is 0 Å². The van der Waals surface area contributed by atoms with Crippen LogP contribution in [-0.2, 0) is 19.0 Å². The summed E-state index contributed by atoms with van der Waals surface area (Å²) in [5.74, 6) is -0.441. The molecule has 0 saturated heterocycles. The van der Waals surface area contributed by atoms with Gasteiger partial charge in [0.1, 0.15) is 5.60 Å². The van der Waals surface area contributed by atoms with E-state index in [-0.39, 0.29) is 12.2 Å². The molecule has 0 saturated carbocycles. The van der Waals surface area contributed by atoms with E-state index in [1.807, 2.05) is 20.8 Å². The number of hydrogen-bond acceptors (Lipinski definition) is 5. The van der Waals surface area contributed by atoms with Crippen molar-refractivity contribution in [3.63, 3.8) is 0 Å². The molecule has 0 amide bonds. The average Bonchev–Trinajstić information content (AvgIpc) is 2.27. The fraction of sp³-hybridized carbons (Fsp3) is 0.786. The van der Waals surface area contributed by atoms with E-state index in [1.54, 1.807) is 13.8 Å². The van der Waals surface area contributed by atoms with E-state index < -0.39 is 23.8 Å². The van der Waals surface area contributed by atoms with Gasteiger partial charge in [-0.25, -0.2) is 0 Å². The van der Waals surface area contributed by atoms with Crippen LogP contribution in [0, 0.1) is 0 Å². The molecule has 0 spiro atoms. The molecule has 0 aromatic rings. The van der Waals surface area contributed by atoms with Crippen LogP contribution in [0.3, 0.4) is 0 Å². The number of rotatable bonds is 3. The normalized spacial score (nSPS) is 31.1. The van der Waals surface area contributed by atoms with Crippen molar-refractivity contribution >= 4 is 16.2 Å². The van der Waals surface area contributed by atoms with Crippen molar-refractivity contribution in [3.8, 4) is 0 Å². The first-order valence-corrected chi connectivity index (χ1v) is 7.83. The fourth-order valence-corrected chi connectivity index (χ4v) is 2.94. The Morgan fingerprint density at radius 1 is 1.50 bits per heavy atom. The third-order valence-electron chi connectivity index (χ3n) is 3.48. The molecule has 116 valence electrons. The van der Waals surface area contributed by atoms with Gasteiger partial charge in [-0.05, 0) is 40.2 Å². The van der Waals surface area contributed by atoms with E-state index >= 15 is 0 Å². The number of hydrogen-bond donors (Lipinski definition) is 1. The Labute approximate surface area is 123 Å². The molecule has 20 heavy (non-hydrogen) atoms. The third kappa shape index (κ3) is 4.07. The van der Waals surface area contributed by atoms with Gasteiger partial charge in [-0.15, -0.1) is 0 Å². The second-order valence-electron chi connectivity index (χ2n) is 6.44. The number of esters is 1. The van der Waals surface area contributed by atoms with Crippen molar-refractivity contribution in [1.82, 2.24) is 0 Å². The number of ether oxygens (including phenoxy) is 3. The van der Waals surface area contributed by atoms with Crippen molar-refractivity contribution in [1.29, 1.82) is 0 Å². The Bertz CT molecular complexity index is 408. The van der Waals surface area contributed by atoms with Gasteiger partial charge in [0, 0.05) is 6.92 Å². The molecule has 1 aliphatic rings. The van der Waals surface area contributed by atoms with Gasteiger partial charge in [0.25, 0.3) is 0 Å². The smallest absolute Gasteiger partial charge is 0.303 e. The lowest BCUT2D eigenvalue weighted by Gasteiger charge is -2.43. The maximum atomic E-state index is 11.3. The van der Waals surface area contributed by atoms with Gasteiger partial charge in [0.15, 0.2) is 12.2 Å². The van der Waals surface area contributed by atoms with Crippen molar-refractivity contribution in [3.05, 3.63) is 11.0 Å². The molecule has 0 aromatic carbocycles. The number of carbonyl (C=O) groups excluding carboxylic acids is 1. The monoisotopic (exact) mass is 302 g/mol. The van der Waals surface area contributed by atoms with Crippen LogP contribution in [0.5, 0.6) is 0 Å². The standard InChI is InChI=1S/C14H26O5Si/c1-8-12(20)19-10(7-17-13(3,4)5)11(14(8,6)16)18-9(2)15/h10-11,16H,7H2,1-6,20H3/t10-,11-,14-/m1/s1. The highest BCUT2D eigenvalue weighted by atomic mass is 28.1. The van der Waals surface area contributed by atoms with Gasteiger partial charge in [0.05, 0.1) is 27.8 Å². The highest BCUT2D eigenvalue weighted by Crippen LogP contribution is 2.34. The molecular weight excluding hydrogens is 276 g/mol. The fourth-order valence-electron chi connectivity index (χ4n) is 2.13. The molecular formula is C14H26O5Si.